The van der Waals surface area contributed by atoms with Crippen LogP contribution in [0.3, 0.4) is 0 Å². The number of hydrogen-bond donors (Lipinski definition) is 2. The first-order chi connectivity index (χ1) is 9.13. The topological polar surface area (TPSA) is 103 Å². The molecule has 0 saturated heterocycles. The average Bonchev–Trinajstić information content (AvgIpc) is 2.81. The number of benzene rings is 1. The van der Waals surface area contributed by atoms with Gasteiger partial charge in [0.1, 0.15) is 5.75 Å². The van der Waals surface area contributed by atoms with E-state index in [4.69, 9.17) is 15.0 Å². The van der Waals surface area contributed by atoms with Crippen molar-refractivity contribution < 1.29 is 14.1 Å². The predicted molar refractivity (Wildman–Crippen MR) is 67.2 cm³/mol. The lowest BCUT2D eigenvalue weighted by Gasteiger charge is -2.06. The molecular weight excluding hydrogens is 248 g/mol. The van der Waals surface area contributed by atoms with Crippen molar-refractivity contribution in [1.29, 1.82) is 0 Å². The van der Waals surface area contributed by atoms with Gasteiger partial charge in [-0.2, -0.15) is 4.98 Å². The number of nitrogen functional groups attached to an aromatic ring is 1. The van der Waals surface area contributed by atoms with E-state index >= 15 is 0 Å². The lowest BCUT2D eigenvalue weighted by Crippen LogP contribution is -2.28. The second kappa shape index (κ2) is 5.85. The molecule has 0 atom stereocenters. The largest absolute Gasteiger partial charge is 0.484 e. The number of carbonyl (C=O) groups is 1. The first-order valence-electron chi connectivity index (χ1n) is 5.68. The summed E-state index contributed by atoms with van der Waals surface area (Å²) in [5.41, 5.74) is 6.18. The zero-order valence-electron chi connectivity index (χ0n) is 10.4. The van der Waals surface area contributed by atoms with Crippen LogP contribution >= 0.6 is 0 Å². The normalized spacial score (nSPS) is 10.2. The van der Waals surface area contributed by atoms with E-state index in [0.29, 0.717) is 23.2 Å². The SMILES string of the molecule is Cc1nc(CNC(=O)COc2ccc(N)cc2)no1. The van der Waals surface area contributed by atoms with Crippen LogP contribution in [0.2, 0.25) is 0 Å². The van der Waals surface area contributed by atoms with Gasteiger partial charge in [-0.1, -0.05) is 5.16 Å². The van der Waals surface area contributed by atoms with E-state index < -0.39 is 0 Å². The molecule has 3 N–H and O–H groups in total. The Kier molecular flexibility index (Phi) is 3.97. The molecule has 0 spiro atoms. The van der Waals surface area contributed by atoms with Crippen LogP contribution in [0.15, 0.2) is 28.8 Å². The molecule has 7 heteroatoms. The van der Waals surface area contributed by atoms with Crippen molar-refractivity contribution in [2.45, 2.75) is 13.5 Å². The molecular formula is C12H14N4O3. The van der Waals surface area contributed by atoms with Crippen molar-refractivity contribution in [3.8, 4) is 5.75 Å². The van der Waals surface area contributed by atoms with Crippen molar-refractivity contribution in [3.05, 3.63) is 36.0 Å². The number of nitrogens with zero attached hydrogens (tertiary/aromatic N) is 2. The minimum absolute atomic E-state index is 0.0826. The van der Waals surface area contributed by atoms with Gasteiger partial charge in [-0.05, 0) is 24.3 Å². The highest BCUT2D eigenvalue weighted by molar-refractivity contribution is 5.77. The highest BCUT2D eigenvalue weighted by Crippen LogP contribution is 2.12. The van der Waals surface area contributed by atoms with Crippen LogP contribution in [0.4, 0.5) is 5.69 Å². The number of nitrogens with one attached hydrogen (secondary N) is 1. The molecule has 100 valence electrons. The second-order valence-corrected chi connectivity index (χ2v) is 3.86. The molecule has 19 heavy (non-hydrogen) atoms. The van der Waals surface area contributed by atoms with Gasteiger partial charge in [-0.3, -0.25) is 4.79 Å². The Labute approximate surface area is 109 Å². The summed E-state index contributed by atoms with van der Waals surface area (Å²) < 4.78 is 10.1. The fourth-order valence-electron chi connectivity index (χ4n) is 1.35. The van der Waals surface area contributed by atoms with Gasteiger partial charge in [-0.15, -0.1) is 0 Å². The minimum Gasteiger partial charge on any atom is -0.484 e. The molecule has 7 nitrogen and oxygen atoms in total. The lowest BCUT2D eigenvalue weighted by molar-refractivity contribution is -0.123. The molecule has 0 saturated carbocycles. The maximum Gasteiger partial charge on any atom is 0.258 e. The van der Waals surface area contributed by atoms with Gasteiger partial charge in [0, 0.05) is 12.6 Å². The predicted octanol–water partition coefficient (Wildman–Crippen LogP) is 0.655. The average molecular weight is 262 g/mol. The van der Waals surface area contributed by atoms with Crippen molar-refractivity contribution in [2.75, 3.05) is 12.3 Å². The van der Waals surface area contributed by atoms with Crippen molar-refractivity contribution in [3.63, 3.8) is 0 Å². The fourth-order valence-corrected chi connectivity index (χ4v) is 1.35. The number of amides is 1. The Balaban J connectivity index is 1.74. The smallest absolute Gasteiger partial charge is 0.258 e. The monoisotopic (exact) mass is 262 g/mol. The van der Waals surface area contributed by atoms with Crippen LogP contribution < -0.4 is 15.8 Å². The van der Waals surface area contributed by atoms with Crippen LogP contribution in [0, 0.1) is 6.92 Å². The number of nitrogens with two attached hydrogens (primary N) is 1. The summed E-state index contributed by atoms with van der Waals surface area (Å²) in [6.07, 6.45) is 0. The van der Waals surface area contributed by atoms with Gasteiger partial charge in [0.05, 0.1) is 6.54 Å². The Morgan fingerprint density at radius 2 is 2.16 bits per heavy atom. The second-order valence-electron chi connectivity index (χ2n) is 3.86. The van der Waals surface area contributed by atoms with Gasteiger partial charge in [0.2, 0.25) is 5.89 Å². The van der Waals surface area contributed by atoms with E-state index in [1.54, 1.807) is 31.2 Å². The molecule has 0 fully saturated rings. The summed E-state index contributed by atoms with van der Waals surface area (Å²) in [5, 5.41) is 6.28. The van der Waals surface area contributed by atoms with Crippen LogP contribution in [-0.4, -0.2) is 22.7 Å². The van der Waals surface area contributed by atoms with Gasteiger partial charge < -0.3 is 20.3 Å². The summed E-state index contributed by atoms with van der Waals surface area (Å²) in [7, 11) is 0. The fraction of sp³-hybridized carbons (Fsp3) is 0.250. The van der Waals surface area contributed by atoms with Gasteiger partial charge >= 0.3 is 0 Å². The van der Waals surface area contributed by atoms with E-state index in [0.717, 1.165) is 0 Å². The van der Waals surface area contributed by atoms with E-state index in [9.17, 15) is 4.79 Å². The maximum absolute atomic E-state index is 11.5. The third-order valence-corrected chi connectivity index (χ3v) is 2.26. The zero-order chi connectivity index (χ0) is 13.7. The first-order valence-corrected chi connectivity index (χ1v) is 5.68. The van der Waals surface area contributed by atoms with Crippen LogP contribution in [0.5, 0.6) is 5.75 Å². The van der Waals surface area contributed by atoms with E-state index in [1.807, 2.05) is 0 Å². The summed E-state index contributed by atoms with van der Waals surface area (Å²) in [6.45, 7) is 1.81. The lowest BCUT2D eigenvalue weighted by atomic mass is 10.3. The number of anilines is 1. The summed E-state index contributed by atoms with van der Waals surface area (Å²) >= 11 is 0. The molecule has 0 aliphatic carbocycles. The third-order valence-electron chi connectivity index (χ3n) is 2.26. The molecule has 1 amide bonds. The summed E-state index contributed by atoms with van der Waals surface area (Å²) in [4.78, 5) is 15.5. The molecule has 1 aromatic heterocycles. The molecule has 1 heterocycles. The van der Waals surface area contributed by atoms with Crippen molar-refractivity contribution >= 4 is 11.6 Å². The molecule has 0 radical (unpaired) electrons. The Morgan fingerprint density at radius 3 is 2.79 bits per heavy atom. The Morgan fingerprint density at radius 1 is 1.42 bits per heavy atom. The van der Waals surface area contributed by atoms with Crippen LogP contribution in [-0.2, 0) is 11.3 Å². The minimum atomic E-state index is -0.265. The number of aryl methyl sites for hydroxylation is 1. The molecule has 1 aromatic carbocycles. The number of rotatable bonds is 5. The van der Waals surface area contributed by atoms with E-state index in [-0.39, 0.29) is 19.1 Å². The van der Waals surface area contributed by atoms with E-state index in [1.165, 1.54) is 0 Å². The first kappa shape index (κ1) is 12.9. The van der Waals surface area contributed by atoms with Crippen molar-refractivity contribution in [2.24, 2.45) is 0 Å². The molecule has 2 rings (SSSR count). The van der Waals surface area contributed by atoms with Gasteiger partial charge in [0.25, 0.3) is 5.91 Å². The van der Waals surface area contributed by atoms with Crippen LogP contribution in [0.1, 0.15) is 11.7 Å². The standard InChI is InChI=1S/C12H14N4O3/c1-8-15-11(16-19-8)6-14-12(17)7-18-10-4-2-9(13)3-5-10/h2-5H,6-7,13H2,1H3,(H,14,17). The number of hydrogen-bond acceptors (Lipinski definition) is 6. The Bertz CT molecular complexity index is 550. The number of ether oxygens (including phenoxy) is 1. The molecule has 0 unspecified atom stereocenters. The Hall–Kier alpha value is -2.57. The number of aromatic nitrogens is 2. The molecule has 2 aromatic rings. The summed E-state index contributed by atoms with van der Waals surface area (Å²) in [5.74, 6) is 1.21. The van der Waals surface area contributed by atoms with Crippen LogP contribution in [0.25, 0.3) is 0 Å². The highest BCUT2D eigenvalue weighted by Gasteiger charge is 2.06. The van der Waals surface area contributed by atoms with Gasteiger partial charge in [0.15, 0.2) is 12.4 Å². The van der Waals surface area contributed by atoms with Gasteiger partial charge in [-0.25, -0.2) is 0 Å². The van der Waals surface area contributed by atoms with E-state index in [2.05, 4.69) is 15.5 Å². The maximum atomic E-state index is 11.5. The molecule has 0 aliphatic heterocycles. The third kappa shape index (κ3) is 3.98. The zero-order valence-corrected chi connectivity index (χ0v) is 10.4. The molecule has 0 aliphatic rings. The number of carbonyl (C=O) groups excluding carboxylic acids is 1. The highest BCUT2D eigenvalue weighted by atomic mass is 16.5. The summed E-state index contributed by atoms with van der Waals surface area (Å²) in [6, 6.07) is 6.81. The quantitative estimate of drug-likeness (QED) is 0.767. The van der Waals surface area contributed by atoms with Crippen molar-refractivity contribution in [1.82, 2.24) is 15.5 Å². The molecule has 0 bridgehead atoms.